The molecule has 4 aromatic rings. The summed E-state index contributed by atoms with van der Waals surface area (Å²) in [5.41, 5.74) is -0.141. The van der Waals surface area contributed by atoms with Crippen molar-refractivity contribution in [3.8, 4) is 22.6 Å². The van der Waals surface area contributed by atoms with Crippen LogP contribution in [-0.2, 0) is 9.53 Å². The van der Waals surface area contributed by atoms with Crippen molar-refractivity contribution in [2.24, 2.45) is 0 Å². The Morgan fingerprint density at radius 3 is 2.40 bits per heavy atom. The molecule has 2 saturated heterocycles. The number of piperazine rings is 1. The fourth-order valence-electron chi connectivity index (χ4n) is 7.43. The average Bonchev–Trinajstić information content (AvgIpc) is 3.01. The van der Waals surface area contributed by atoms with Gasteiger partial charge in [-0.15, -0.1) is 0 Å². The van der Waals surface area contributed by atoms with Crippen molar-refractivity contribution in [3.63, 3.8) is 0 Å². The van der Waals surface area contributed by atoms with Crippen molar-refractivity contribution in [2.45, 2.75) is 51.7 Å². The summed E-state index contributed by atoms with van der Waals surface area (Å²) in [7, 11) is 0. The van der Waals surface area contributed by atoms with Gasteiger partial charge in [-0.1, -0.05) is 26.5 Å². The van der Waals surface area contributed by atoms with E-state index in [2.05, 4.69) is 11.6 Å². The summed E-state index contributed by atoms with van der Waals surface area (Å²) in [6.45, 7) is 12.8. The summed E-state index contributed by atoms with van der Waals surface area (Å²) < 4.78 is 55.8. The van der Waals surface area contributed by atoms with Crippen LogP contribution < -0.4 is 15.4 Å². The van der Waals surface area contributed by atoms with E-state index in [0.29, 0.717) is 48.9 Å². The van der Waals surface area contributed by atoms with Crippen LogP contribution in [0.15, 0.2) is 54.0 Å². The van der Waals surface area contributed by atoms with Gasteiger partial charge < -0.3 is 24.5 Å². The van der Waals surface area contributed by atoms with Crippen LogP contribution in [0.3, 0.4) is 0 Å². The number of hydrogen-bond donors (Lipinski definition) is 1. The Morgan fingerprint density at radius 2 is 1.75 bits per heavy atom. The number of pyridine rings is 2. The number of phenols is 1. The molecule has 0 radical (unpaired) electrons. The molecule has 7 rings (SSSR count). The maximum absolute atomic E-state index is 17.4. The monoisotopic (exact) mass is 659 g/mol. The quantitative estimate of drug-likeness (QED) is 0.287. The molecule has 12 heteroatoms. The highest BCUT2D eigenvalue weighted by Gasteiger charge is 2.45. The number of benzene rings is 2. The molecule has 1 amide bonds. The molecule has 0 spiro atoms. The number of fused-ring (bicyclic) bond motifs is 5. The summed E-state index contributed by atoms with van der Waals surface area (Å²) in [5, 5.41) is 10.7. The molecule has 2 fully saturated rings. The van der Waals surface area contributed by atoms with Gasteiger partial charge in [0.05, 0.1) is 59.0 Å². The van der Waals surface area contributed by atoms with Gasteiger partial charge in [0.1, 0.15) is 23.1 Å². The van der Waals surface area contributed by atoms with Crippen LogP contribution in [0.25, 0.3) is 27.7 Å². The Hall–Kier alpha value is -4.84. The topological polar surface area (TPSA) is 91.1 Å². The molecule has 2 aromatic heterocycles. The van der Waals surface area contributed by atoms with E-state index in [-0.39, 0.29) is 53.1 Å². The van der Waals surface area contributed by atoms with E-state index in [4.69, 9.17) is 4.74 Å². The lowest BCUT2D eigenvalue weighted by Crippen LogP contribution is -2.67. The maximum atomic E-state index is 17.4. The lowest BCUT2D eigenvalue weighted by molar-refractivity contribution is -0.128. The zero-order valence-corrected chi connectivity index (χ0v) is 27.1. The maximum Gasteiger partial charge on any atom is 0.281 e. The summed E-state index contributed by atoms with van der Waals surface area (Å²) in [5.74, 6) is -4.38. The zero-order valence-electron chi connectivity index (χ0n) is 27.1. The minimum absolute atomic E-state index is 0.0998. The van der Waals surface area contributed by atoms with Gasteiger partial charge in [-0.25, -0.2) is 13.2 Å². The van der Waals surface area contributed by atoms with Crippen LogP contribution in [-0.4, -0.2) is 76.4 Å². The molecule has 3 aliphatic heterocycles. The van der Waals surface area contributed by atoms with Gasteiger partial charge in [0, 0.05) is 37.3 Å². The first-order valence-corrected chi connectivity index (χ1v) is 16.0. The molecule has 1 N–H and O–H groups in total. The standard InChI is InChI=1S/C36H36F3N5O4/c1-6-27(46)41-14-21-15-43(22-16-48-17-22)35-34(42(21)13-20(41)5)23-12-25(38)29(28-24(37)8-7-9-26(28)45)30(39)33(23)44(36(35)47)32-19(4)10-11-40-31(32)18(2)3/h6-12,18,20-22,45H,1,13-17H2,2-5H3. The van der Waals surface area contributed by atoms with E-state index < -0.39 is 39.9 Å². The third-order valence-corrected chi connectivity index (χ3v) is 9.81. The fraction of sp³-hybridized carbons (Fsp3) is 0.361. The van der Waals surface area contributed by atoms with Crippen LogP contribution in [0.5, 0.6) is 5.75 Å². The molecule has 2 unspecified atom stereocenters. The second kappa shape index (κ2) is 11.7. The van der Waals surface area contributed by atoms with Gasteiger partial charge in [-0.3, -0.25) is 19.1 Å². The molecule has 5 heterocycles. The number of anilines is 2. The predicted octanol–water partition coefficient (Wildman–Crippen LogP) is 5.42. The van der Waals surface area contributed by atoms with Crippen molar-refractivity contribution in [3.05, 3.63) is 88.2 Å². The SMILES string of the molecule is C=CC(=O)N1CC2CN(C3COC3)c3c(c4cc(F)c(-c5c(O)cccc5F)c(F)c4n(-c4c(C)ccnc4C(C)C)c3=O)N2CC1C. The summed E-state index contributed by atoms with van der Waals surface area (Å²) in [4.78, 5) is 38.2. The number of amides is 1. The molecule has 0 aliphatic carbocycles. The Kier molecular flexibility index (Phi) is 7.73. The van der Waals surface area contributed by atoms with Crippen LogP contribution in [0, 0.1) is 24.4 Å². The van der Waals surface area contributed by atoms with E-state index in [1.54, 1.807) is 24.1 Å². The largest absolute Gasteiger partial charge is 0.507 e. The lowest BCUT2D eigenvalue weighted by Gasteiger charge is -2.54. The molecule has 0 bridgehead atoms. The summed E-state index contributed by atoms with van der Waals surface area (Å²) >= 11 is 0. The predicted molar refractivity (Wildman–Crippen MR) is 178 cm³/mol. The number of halogens is 3. The van der Waals surface area contributed by atoms with Gasteiger partial charge in [0.25, 0.3) is 5.56 Å². The van der Waals surface area contributed by atoms with Crippen molar-refractivity contribution in [2.75, 3.05) is 42.6 Å². The van der Waals surface area contributed by atoms with Crippen molar-refractivity contribution < 1.29 is 27.8 Å². The Balaban J connectivity index is 1.64. The first-order valence-electron chi connectivity index (χ1n) is 16.0. The van der Waals surface area contributed by atoms with E-state index in [1.807, 2.05) is 30.6 Å². The number of aromatic hydroxyl groups is 1. The van der Waals surface area contributed by atoms with E-state index >= 15 is 18.0 Å². The zero-order chi connectivity index (χ0) is 34.2. The number of ether oxygens (including phenoxy) is 1. The highest BCUT2D eigenvalue weighted by molar-refractivity contribution is 6.03. The number of nitrogens with zero attached hydrogens (tertiary/aromatic N) is 5. The molecule has 3 aliphatic rings. The molecule has 250 valence electrons. The van der Waals surface area contributed by atoms with Gasteiger partial charge in [-0.2, -0.15) is 0 Å². The van der Waals surface area contributed by atoms with Gasteiger partial charge in [0.15, 0.2) is 5.82 Å². The third kappa shape index (κ3) is 4.68. The van der Waals surface area contributed by atoms with Crippen LogP contribution in [0.1, 0.15) is 37.9 Å². The fourth-order valence-corrected chi connectivity index (χ4v) is 7.43. The summed E-state index contributed by atoms with van der Waals surface area (Å²) in [6.07, 6.45) is 2.88. The van der Waals surface area contributed by atoms with E-state index in [0.717, 1.165) is 18.2 Å². The minimum Gasteiger partial charge on any atom is -0.507 e. The number of aromatic nitrogens is 2. The molecule has 2 atom stereocenters. The Bertz CT molecular complexity index is 2040. The van der Waals surface area contributed by atoms with E-state index in [1.165, 1.54) is 16.7 Å². The number of phenolic OH excluding ortho intramolecular Hbond substituents is 1. The van der Waals surface area contributed by atoms with Gasteiger partial charge >= 0.3 is 0 Å². The van der Waals surface area contributed by atoms with E-state index in [9.17, 15) is 9.90 Å². The first-order chi connectivity index (χ1) is 22.9. The number of rotatable bonds is 5. The highest BCUT2D eigenvalue weighted by Crippen LogP contribution is 2.47. The van der Waals surface area contributed by atoms with Crippen LogP contribution >= 0.6 is 0 Å². The molecular weight excluding hydrogens is 623 g/mol. The number of hydrogen-bond acceptors (Lipinski definition) is 7. The summed E-state index contributed by atoms with van der Waals surface area (Å²) in [6, 6.07) is 5.41. The lowest BCUT2D eigenvalue weighted by atomic mass is 9.94. The van der Waals surface area contributed by atoms with Crippen LogP contribution in [0.2, 0.25) is 0 Å². The second-order valence-corrected chi connectivity index (χ2v) is 13.1. The smallest absolute Gasteiger partial charge is 0.281 e. The first kappa shape index (κ1) is 31.7. The number of carbonyl (C=O) groups excluding carboxylic acids is 1. The van der Waals surface area contributed by atoms with Crippen molar-refractivity contribution in [1.29, 1.82) is 0 Å². The van der Waals surface area contributed by atoms with Crippen molar-refractivity contribution >= 4 is 28.2 Å². The Labute approximate surface area is 275 Å². The third-order valence-electron chi connectivity index (χ3n) is 9.81. The highest BCUT2D eigenvalue weighted by atomic mass is 19.1. The van der Waals surface area contributed by atoms with Crippen molar-refractivity contribution in [1.82, 2.24) is 14.5 Å². The number of aryl methyl sites for hydroxylation is 1. The minimum atomic E-state index is -1.20. The van der Waals surface area contributed by atoms with Gasteiger partial charge in [-0.05, 0) is 55.7 Å². The average molecular weight is 660 g/mol. The molecule has 2 aromatic carbocycles. The number of carbonyl (C=O) groups is 1. The normalized spacial score (nSPS) is 19.4. The molecule has 48 heavy (non-hydrogen) atoms. The Morgan fingerprint density at radius 1 is 1.02 bits per heavy atom. The molecular formula is C36H36F3N5O4. The second-order valence-electron chi connectivity index (χ2n) is 13.1. The molecule has 0 saturated carbocycles. The van der Waals surface area contributed by atoms with Gasteiger partial charge in [0.2, 0.25) is 5.91 Å². The molecule has 9 nitrogen and oxygen atoms in total. The van der Waals surface area contributed by atoms with Crippen LogP contribution in [0.4, 0.5) is 24.5 Å².